The van der Waals surface area contributed by atoms with E-state index in [1.165, 1.54) is 56.9 Å². The Bertz CT molecular complexity index is 737. The number of carbonyl (C=O) groups excluding carboxylic acids is 1. The highest BCUT2D eigenvalue weighted by molar-refractivity contribution is 5.79. The molecule has 0 radical (unpaired) electrons. The molecular formula is C28H44O. The van der Waals surface area contributed by atoms with E-state index in [1.54, 1.807) is 0 Å². The van der Waals surface area contributed by atoms with E-state index in [1.807, 2.05) is 0 Å². The lowest BCUT2D eigenvalue weighted by Gasteiger charge is -2.71. The van der Waals surface area contributed by atoms with Crippen molar-refractivity contribution in [3.05, 3.63) is 12.2 Å². The number of Topliss-reactive ketones (excluding diaryl/α,β-unsaturated/α-hetero) is 1. The molecule has 0 aromatic heterocycles. The molecule has 1 nitrogen and oxygen atoms in total. The molecule has 0 aliphatic heterocycles. The Morgan fingerprint density at radius 3 is 2.38 bits per heavy atom. The Kier molecular flexibility index (Phi) is 4.36. The van der Waals surface area contributed by atoms with Gasteiger partial charge in [0.15, 0.2) is 0 Å². The average Bonchev–Trinajstić information content (AvgIpc) is 3.01. The summed E-state index contributed by atoms with van der Waals surface area (Å²) in [5.74, 6) is 4.50. The molecule has 5 fully saturated rings. The van der Waals surface area contributed by atoms with Crippen LogP contribution in [0.5, 0.6) is 0 Å². The lowest BCUT2D eigenvalue weighted by atomic mass is 9.33. The summed E-state index contributed by atoms with van der Waals surface area (Å²) < 4.78 is 0. The maximum Gasteiger partial charge on any atom is 0.133 e. The summed E-state index contributed by atoms with van der Waals surface area (Å²) in [7, 11) is 0. The van der Waals surface area contributed by atoms with Gasteiger partial charge in [-0.2, -0.15) is 0 Å². The number of carbonyl (C=O) groups is 1. The summed E-state index contributed by atoms with van der Waals surface area (Å²) in [5.41, 5.74) is 3.32. The molecule has 5 saturated carbocycles. The Hall–Kier alpha value is -0.590. The Labute approximate surface area is 179 Å². The van der Waals surface area contributed by atoms with Crippen LogP contribution in [0.4, 0.5) is 0 Å². The Morgan fingerprint density at radius 2 is 1.66 bits per heavy atom. The van der Waals surface area contributed by atoms with Gasteiger partial charge in [-0.1, -0.05) is 39.8 Å². The van der Waals surface area contributed by atoms with Crippen LogP contribution in [0.25, 0.3) is 0 Å². The first-order chi connectivity index (χ1) is 13.6. The van der Waals surface area contributed by atoms with Crippen molar-refractivity contribution in [2.45, 2.75) is 105 Å². The van der Waals surface area contributed by atoms with Crippen LogP contribution < -0.4 is 0 Å². The van der Waals surface area contributed by atoms with E-state index in [2.05, 4.69) is 41.2 Å². The fourth-order valence-corrected chi connectivity index (χ4v) is 10.4. The van der Waals surface area contributed by atoms with Crippen LogP contribution in [-0.4, -0.2) is 5.78 Å². The van der Waals surface area contributed by atoms with Crippen LogP contribution in [-0.2, 0) is 4.79 Å². The molecule has 162 valence electrons. The van der Waals surface area contributed by atoms with Gasteiger partial charge < -0.3 is 0 Å². The van der Waals surface area contributed by atoms with Crippen LogP contribution in [0.1, 0.15) is 105 Å². The first kappa shape index (κ1) is 20.3. The predicted octanol–water partition coefficient (Wildman–Crippen LogP) is 7.60. The highest BCUT2D eigenvalue weighted by Crippen LogP contribution is 2.76. The Balaban J connectivity index is 1.54. The van der Waals surface area contributed by atoms with Crippen molar-refractivity contribution in [1.29, 1.82) is 0 Å². The van der Waals surface area contributed by atoms with E-state index in [0.717, 1.165) is 42.9 Å². The van der Waals surface area contributed by atoms with E-state index < -0.39 is 0 Å². The van der Waals surface area contributed by atoms with Crippen LogP contribution >= 0.6 is 0 Å². The van der Waals surface area contributed by atoms with Crippen LogP contribution in [0, 0.1) is 51.2 Å². The summed E-state index contributed by atoms with van der Waals surface area (Å²) in [6, 6.07) is 0. The van der Waals surface area contributed by atoms with Gasteiger partial charge in [0.2, 0.25) is 0 Å². The summed E-state index contributed by atoms with van der Waals surface area (Å²) in [6.45, 7) is 17.4. The van der Waals surface area contributed by atoms with Gasteiger partial charge in [0.1, 0.15) is 5.78 Å². The molecule has 0 spiro atoms. The second-order valence-corrected chi connectivity index (χ2v) is 13.2. The molecule has 1 heteroatoms. The highest BCUT2D eigenvalue weighted by atomic mass is 16.1. The Morgan fingerprint density at radius 1 is 0.897 bits per heavy atom. The summed E-state index contributed by atoms with van der Waals surface area (Å²) in [6.07, 6.45) is 14.0. The van der Waals surface area contributed by atoms with Crippen LogP contribution in [0.3, 0.4) is 0 Å². The van der Waals surface area contributed by atoms with Gasteiger partial charge in [0, 0.05) is 12.8 Å². The van der Waals surface area contributed by atoms with E-state index in [0.29, 0.717) is 33.4 Å². The molecule has 9 atom stereocenters. The third kappa shape index (κ3) is 2.48. The second kappa shape index (κ2) is 6.23. The van der Waals surface area contributed by atoms with Crippen molar-refractivity contribution in [2.24, 2.45) is 51.2 Å². The molecule has 0 unspecified atom stereocenters. The van der Waals surface area contributed by atoms with Crippen molar-refractivity contribution in [2.75, 3.05) is 0 Å². The van der Waals surface area contributed by atoms with Gasteiger partial charge in [-0.05, 0) is 116 Å². The molecule has 5 rings (SSSR count). The van der Waals surface area contributed by atoms with E-state index in [9.17, 15) is 4.79 Å². The maximum absolute atomic E-state index is 12.2. The first-order valence-corrected chi connectivity index (χ1v) is 12.7. The molecule has 0 N–H and O–H groups in total. The standard InChI is InChI=1S/C28H44O/c1-18(2)21-11-12-25(3)15-16-27(5)22(24(21)25)7-8-23-26(4)13-10-20(29)17-19(26)9-14-28(23,27)6/h19,21-24H,1,7-17H2,2-6H3/t19-,21-,22-,23+,24-,25+,26+,27-,28+/m1/s1. The fourth-order valence-electron chi connectivity index (χ4n) is 10.4. The zero-order chi connectivity index (χ0) is 20.8. The largest absolute Gasteiger partial charge is 0.300 e. The van der Waals surface area contributed by atoms with E-state index in [4.69, 9.17) is 0 Å². The number of hydrogen-bond donors (Lipinski definition) is 0. The molecule has 0 saturated heterocycles. The minimum absolute atomic E-state index is 0.402. The quantitative estimate of drug-likeness (QED) is 0.417. The summed E-state index contributed by atoms with van der Waals surface area (Å²) in [4.78, 5) is 12.2. The minimum atomic E-state index is 0.402. The fraction of sp³-hybridized carbons (Fsp3) is 0.893. The topological polar surface area (TPSA) is 17.1 Å². The third-order valence-electron chi connectivity index (χ3n) is 12.4. The van der Waals surface area contributed by atoms with Gasteiger partial charge in [0.05, 0.1) is 0 Å². The van der Waals surface area contributed by atoms with E-state index >= 15 is 0 Å². The number of fused-ring (bicyclic) bond motifs is 7. The number of rotatable bonds is 1. The second-order valence-electron chi connectivity index (χ2n) is 13.2. The molecule has 5 aliphatic carbocycles. The summed E-state index contributed by atoms with van der Waals surface area (Å²) in [5, 5.41) is 0. The SMILES string of the molecule is C=C(C)[C@H]1CC[C@@]2(C)CC[C@]3(C)[C@H](CC[C@H]4[C@@]5(C)CCC(=O)C[C@H]5CC[C@@]43C)[C@@H]12. The molecule has 29 heavy (non-hydrogen) atoms. The smallest absolute Gasteiger partial charge is 0.133 e. The monoisotopic (exact) mass is 396 g/mol. The number of ketones is 1. The van der Waals surface area contributed by atoms with Crippen molar-refractivity contribution in [3.8, 4) is 0 Å². The van der Waals surface area contributed by atoms with Crippen molar-refractivity contribution in [3.63, 3.8) is 0 Å². The molecule has 0 aromatic rings. The van der Waals surface area contributed by atoms with E-state index in [-0.39, 0.29) is 0 Å². The van der Waals surface area contributed by atoms with Crippen molar-refractivity contribution >= 4 is 5.78 Å². The highest BCUT2D eigenvalue weighted by Gasteiger charge is 2.68. The maximum atomic E-state index is 12.2. The average molecular weight is 397 g/mol. The van der Waals surface area contributed by atoms with Gasteiger partial charge in [-0.15, -0.1) is 0 Å². The third-order valence-corrected chi connectivity index (χ3v) is 12.4. The molecule has 5 aliphatic rings. The van der Waals surface area contributed by atoms with Gasteiger partial charge in [-0.25, -0.2) is 0 Å². The molecular weight excluding hydrogens is 352 g/mol. The lowest BCUT2D eigenvalue weighted by Crippen LogP contribution is -2.64. The number of allylic oxidation sites excluding steroid dienone is 1. The molecule has 0 bridgehead atoms. The summed E-state index contributed by atoms with van der Waals surface area (Å²) >= 11 is 0. The lowest BCUT2D eigenvalue weighted by molar-refractivity contribution is -0.220. The van der Waals surface area contributed by atoms with Crippen LogP contribution in [0.2, 0.25) is 0 Å². The van der Waals surface area contributed by atoms with Gasteiger partial charge in [-0.3, -0.25) is 4.79 Å². The van der Waals surface area contributed by atoms with Crippen molar-refractivity contribution < 1.29 is 4.79 Å². The zero-order valence-corrected chi connectivity index (χ0v) is 19.8. The molecule has 0 amide bonds. The first-order valence-electron chi connectivity index (χ1n) is 12.7. The predicted molar refractivity (Wildman–Crippen MR) is 120 cm³/mol. The van der Waals surface area contributed by atoms with Gasteiger partial charge >= 0.3 is 0 Å². The molecule has 0 heterocycles. The van der Waals surface area contributed by atoms with Gasteiger partial charge in [0.25, 0.3) is 0 Å². The minimum Gasteiger partial charge on any atom is -0.300 e. The molecule has 0 aromatic carbocycles. The zero-order valence-electron chi connectivity index (χ0n) is 19.8. The van der Waals surface area contributed by atoms with Crippen LogP contribution in [0.15, 0.2) is 12.2 Å². The normalized spacial score (nSPS) is 56.7. The van der Waals surface area contributed by atoms with Crippen molar-refractivity contribution in [1.82, 2.24) is 0 Å². The number of hydrogen-bond acceptors (Lipinski definition) is 1.